The zero-order chi connectivity index (χ0) is 16.5. The van der Waals surface area contributed by atoms with E-state index in [1.165, 1.54) is 5.56 Å². The number of carbonyl (C=O) groups excluding carboxylic acids is 1. The van der Waals surface area contributed by atoms with Crippen molar-refractivity contribution >= 4 is 23.2 Å². The molecule has 0 aromatic carbocycles. The highest BCUT2D eigenvalue weighted by atomic mass is 32.1. The summed E-state index contributed by atoms with van der Waals surface area (Å²) in [5.74, 6) is 1.59. The molecule has 6 heteroatoms. The van der Waals surface area contributed by atoms with E-state index in [-0.39, 0.29) is 0 Å². The fourth-order valence-corrected chi connectivity index (χ4v) is 3.43. The van der Waals surface area contributed by atoms with Crippen LogP contribution in [0.15, 0.2) is 21.8 Å². The van der Waals surface area contributed by atoms with Crippen LogP contribution in [-0.2, 0) is 4.79 Å². The Morgan fingerprint density at radius 1 is 1.48 bits per heavy atom. The van der Waals surface area contributed by atoms with Crippen LogP contribution >= 0.6 is 11.3 Å². The second-order valence-electron chi connectivity index (χ2n) is 5.94. The molecule has 0 bridgehead atoms. The number of nitrogens with zero attached hydrogens (tertiary/aromatic N) is 2. The van der Waals surface area contributed by atoms with Gasteiger partial charge in [-0.15, -0.1) is 0 Å². The fourth-order valence-electron chi connectivity index (χ4n) is 2.65. The summed E-state index contributed by atoms with van der Waals surface area (Å²) in [5.41, 5.74) is 1.35. The third-order valence-corrected chi connectivity index (χ3v) is 4.75. The molecular weight excluding hydrogens is 308 g/mol. The number of nitrogens with one attached hydrogen (secondary N) is 2. The average Bonchev–Trinajstić information content (AvgIpc) is 3.20. The van der Waals surface area contributed by atoms with Crippen molar-refractivity contribution in [3.63, 3.8) is 0 Å². The molecule has 1 aromatic rings. The summed E-state index contributed by atoms with van der Waals surface area (Å²) >= 11 is 1.73. The van der Waals surface area contributed by atoms with Crippen LogP contribution in [0.2, 0.25) is 0 Å². The molecule has 1 aliphatic rings. The predicted molar refractivity (Wildman–Crippen MR) is 97.1 cm³/mol. The van der Waals surface area contributed by atoms with Crippen molar-refractivity contribution in [2.45, 2.75) is 39.0 Å². The summed E-state index contributed by atoms with van der Waals surface area (Å²) in [7, 11) is 0. The molecule has 1 fully saturated rings. The molecule has 1 saturated heterocycles. The number of thiophene rings is 1. The summed E-state index contributed by atoms with van der Waals surface area (Å²) in [5, 5.41) is 10.9. The molecule has 2 rings (SSSR count). The summed E-state index contributed by atoms with van der Waals surface area (Å²) in [6, 6.07) is 2.16. The Labute approximate surface area is 143 Å². The van der Waals surface area contributed by atoms with E-state index >= 15 is 0 Å². The zero-order valence-electron chi connectivity index (χ0n) is 14.2. The van der Waals surface area contributed by atoms with Crippen molar-refractivity contribution in [3.8, 4) is 0 Å². The highest BCUT2D eigenvalue weighted by Crippen LogP contribution is 2.18. The summed E-state index contributed by atoms with van der Waals surface area (Å²) in [6.45, 7) is 8.50. The van der Waals surface area contributed by atoms with Crippen LogP contribution in [-0.4, -0.2) is 49.5 Å². The van der Waals surface area contributed by atoms with Gasteiger partial charge in [0.2, 0.25) is 5.91 Å². The summed E-state index contributed by atoms with van der Waals surface area (Å²) in [6.07, 6.45) is 2.69. The minimum Gasteiger partial charge on any atom is -0.357 e. The molecule has 128 valence electrons. The van der Waals surface area contributed by atoms with E-state index in [1.54, 1.807) is 11.3 Å². The quantitative estimate of drug-likeness (QED) is 0.435. The van der Waals surface area contributed by atoms with Gasteiger partial charge in [0.1, 0.15) is 0 Å². The number of rotatable bonds is 8. The van der Waals surface area contributed by atoms with Crippen LogP contribution in [0.1, 0.15) is 44.6 Å². The van der Waals surface area contributed by atoms with Crippen LogP contribution in [0.4, 0.5) is 0 Å². The van der Waals surface area contributed by atoms with E-state index in [0.717, 1.165) is 57.9 Å². The van der Waals surface area contributed by atoms with Gasteiger partial charge >= 0.3 is 0 Å². The molecule has 2 heterocycles. The molecule has 1 unspecified atom stereocenters. The van der Waals surface area contributed by atoms with Gasteiger partial charge in [-0.1, -0.05) is 6.92 Å². The maximum atomic E-state index is 11.6. The van der Waals surface area contributed by atoms with Crippen molar-refractivity contribution < 1.29 is 4.79 Å². The van der Waals surface area contributed by atoms with E-state index < -0.39 is 0 Å². The first kappa shape index (κ1) is 17.8. The zero-order valence-corrected chi connectivity index (χ0v) is 15.0. The lowest BCUT2D eigenvalue weighted by Gasteiger charge is -2.17. The Bertz CT molecular complexity index is 501. The lowest BCUT2D eigenvalue weighted by Crippen LogP contribution is -2.39. The van der Waals surface area contributed by atoms with Crippen LogP contribution in [0.3, 0.4) is 0 Å². The predicted octanol–water partition coefficient (Wildman–Crippen LogP) is 2.42. The average molecular weight is 337 g/mol. The minimum atomic E-state index is 0.301. The van der Waals surface area contributed by atoms with Gasteiger partial charge in [0.15, 0.2) is 5.96 Å². The Balaban J connectivity index is 1.72. The lowest BCUT2D eigenvalue weighted by molar-refractivity contribution is -0.127. The van der Waals surface area contributed by atoms with Crippen LogP contribution in [0.25, 0.3) is 0 Å². The molecule has 0 radical (unpaired) electrons. The summed E-state index contributed by atoms with van der Waals surface area (Å²) in [4.78, 5) is 18.2. The van der Waals surface area contributed by atoms with Gasteiger partial charge in [-0.2, -0.15) is 11.3 Å². The van der Waals surface area contributed by atoms with Crippen molar-refractivity contribution in [2.75, 3.05) is 32.7 Å². The van der Waals surface area contributed by atoms with Crippen molar-refractivity contribution in [1.82, 2.24) is 15.5 Å². The molecule has 0 aliphatic carbocycles. The van der Waals surface area contributed by atoms with Gasteiger partial charge < -0.3 is 15.5 Å². The van der Waals surface area contributed by atoms with E-state index in [2.05, 4.69) is 46.3 Å². The van der Waals surface area contributed by atoms with Crippen LogP contribution < -0.4 is 10.6 Å². The van der Waals surface area contributed by atoms with Crippen molar-refractivity contribution in [3.05, 3.63) is 22.4 Å². The number of guanidine groups is 1. The SMILES string of the molecule is CCNC(=NCC(C)c1ccsc1)NCCCN1CCCC1=O. The summed E-state index contributed by atoms with van der Waals surface area (Å²) < 4.78 is 0. The number of hydrogen-bond donors (Lipinski definition) is 2. The van der Waals surface area contributed by atoms with Gasteiger partial charge in [0.25, 0.3) is 0 Å². The Kier molecular flexibility index (Phi) is 7.39. The second kappa shape index (κ2) is 9.55. The maximum Gasteiger partial charge on any atom is 0.222 e. The lowest BCUT2D eigenvalue weighted by atomic mass is 10.1. The van der Waals surface area contributed by atoms with Crippen LogP contribution in [0, 0.1) is 0 Å². The van der Waals surface area contributed by atoms with Gasteiger partial charge in [-0.3, -0.25) is 9.79 Å². The molecule has 1 aliphatic heterocycles. The van der Waals surface area contributed by atoms with Gasteiger partial charge in [0.05, 0.1) is 0 Å². The number of likely N-dealkylation sites (tertiary alicyclic amines) is 1. The third kappa shape index (κ3) is 5.86. The Morgan fingerprint density at radius 3 is 3.00 bits per heavy atom. The number of hydrogen-bond acceptors (Lipinski definition) is 3. The van der Waals surface area contributed by atoms with E-state index in [4.69, 9.17) is 0 Å². The standard InChI is InChI=1S/C17H28N4OS/c1-3-18-17(20-12-14(2)15-7-11-23-13-15)19-8-5-10-21-9-4-6-16(21)22/h7,11,13-14H,3-6,8-10,12H2,1-2H3,(H2,18,19,20). The fraction of sp³-hybridized carbons (Fsp3) is 0.647. The first-order valence-corrected chi connectivity index (χ1v) is 9.47. The molecule has 1 amide bonds. The minimum absolute atomic E-state index is 0.301. The van der Waals surface area contributed by atoms with Gasteiger partial charge in [-0.05, 0) is 42.2 Å². The van der Waals surface area contributed by atoms with E-state index in [0.29, 0.717) is 11.8 Å². The highest BCUT2D eigenvalue weighted by Gasteiger charge is 2.18. The van der Waals surface area contributed by atoms with Gasteiger partial charge in [-0.25, -0.2) is 0 Å². The third-order valence-electron chi connectivity index (χ3n) is 4.05. The molecular formula is C17H28N4OS. The number of carbonyl (C=O) groups is 1. The Hall–Kier alpha value is -1.56. The molecule has 0 spiro atoms. The first-order valence-electron chi connectivity index (χ1n) is 8.52. The molecule has 1 aromatic heterocycles. The normalized spacial score (nSPS) is 16.7. The van der Waals surface area contributed by atoms with Crippen molar-refractivity contribution in [1.29, 1.82) is 0 Å². The Morgan fingerprint density at radius 2 is 2.35 bits per heavy atom. The van der Waals surface area contributed by atoms with E-state index in [1.807, 2.05) is 4.90 Å². The number of amides is 1. The van der Waals surface area contributed by atoms with Crippen LogP contribution in [0.5, 0.6) is 0 Å². The smallest absolute Gasteiger partial charge is 0.222 e. The first-order chi connectivity index (χ1) is 11.2. The monoisotopic (exact) mass is 336 g/mol. The molecule has 0 saturated carbocycles. The van der Waals surface area contributed by atoms with E-state index in [9.17, 15) is 4.79 Å². The number of aliphatic imine (C=N–C) groups is 1. The van der Waals surface area contributed by atoms with Crippen molar-refractivity contribution in [2.24, 2.45) is 4.99 Å². The molecule has 2 N–H and O–H groups in total. The molecule has 23 heavy (non-hydrogen) atoms. The molecule has 5 nitrogen and oxygen atoms in total. The highest BCUT2D eigenvalue weighted by molar-refractivity contribution is 7.07. The molecule has 1 atom stereocenters. The maximum absolute atomic E-state index is 11.6. The largest absolute Gasteiger partial charge is 0.357 e. The second-order valence-corrected chi connectivity index (χ2v) is 6.72. The topological polar surface area (TPSA) is 56.7 Å². The van der Waals surface area contributed by atoms with Gasteiger partial charge in [0, 0.05) is 45.1 Å².